The van der Waals surface area contributed by atoms with E-state index in [2.05, 4.69) is 5.23 Å². The lowest BCUT2D eigenvalue weighted by atomic mass is 9.74. The zero-order valence-electron chi connectivity index (χ0n) is 14.3. The van der Waals surface area contributed by atoms with E-state index in [0.717, 1.165) is 0 Å². The number of nitrogens with one attached hydrogen (secondary N) is 1. The first-order chi connectivity index (χ1) is 11.3. The van der Waals surface area contributed by atoms with Crippen molar-refractivity contribution in [3.05, 3.63) is 0 Å². The molecular weight excluding hydrogens is 312 g/mol. The Morgan fingerprint density at radius 2 is 1.92 bits per heavy atom. The molecule has 1 N–H and O–H groups in total. The van der Waals surface area contributed by atoms with Gasteiger partial charge < -0.3 is 15.0 Å². The normalized spacial score (nSPS) is 24.7. The van der Waals surface area contributed by atoms with Gasteiger partial charge in [0, 0.05) is 33.5 Å². The minimum absolute atomic E-state index is 0.0447. The number of carbonyl (C=O) groups excluding carboxylic acids is 3. The average molecular weight is 337 g/mol. The van der Waals surface area contributed by atoms with Crippen molar-refractivity contribution >= 4 is 25.6 Å². The third-order valence-electron chi connectivity index (χ3n) is 5.07. The van der Waals surface area contributed by atoms with Crippen LogP contribution in [0, 0.1) is 11.8 Å². The number of rotatable bonds is 5. The molecule has 2 fully saturated rings. The van der Waals surface area contributed by atoms with Crippen molar-refractivity contribution in [2.45, 2.75) is 44.3 Å². The highest BCUT2D eigenvalue weighted by molar-refractivity contribution is 6.07. The Morgan fingerprint density at radius 3 is 2.38 bits per heavy atom. The fraction of sp³-hybridized carbons (Fsp3) is 0.812. The van der Waals surface area contributed by atoms with Crippen molar-refractivity contribution in [1.29, 1.82) is 0 Å². The Kier molecular flexibility index (Phi) is 6.37. The molecule has 0 bridgehead atoms. The molecule has 24 heavy (non-hydrogen) atoms. The summed E-state index contributed by atoms with van der Waals surface area (Å²) in [5.74, 6) is -1.09. The highest BCUT2D eigenvalue weighted by atomic mass is 19.1. The minimum Gasteiger partial charge on any atom is -0.355 e. The zero-order valence-corrected chi connectivity index (χ0v) is 14.3. The smallest absolute Gasteiger partial charge is 0.239 e. The number of nitrogens with zero attached hydrogens (tertiary/aromatic N) is 2. The molecule has 0 aromatic carbocycles. The van der Waals surface area contributed by atoms with Gasteiger partial charge >= 0.3 is 0 Å². The van der Waals surface area contributed by atoms with Crippen LogP contribution in [-0.4, -0.2) is 74.8 Å². The summed E-state index contributed by atoms with van der Waals surface area (Å²) in [6.07, 6.45) is 1.27. The van der Waals surface area contributed by atoms with E-state index in [9.17, 15) is 18.8 Å². The van der Waals surface area contributed by atoms with Gasteiger partial charge in [-0.05, 0) is 25.2 Å². The molecule has 132 valence electrons. The van der Waals surface area contributed by atoms with Crippen LogP contribution in [0.2, 0.25) is 0 Å². The molecule has 2 rings (SSSR count). The van der Waals surface area contributed by atoms with Crippen LogP contribution in [0.25, 0.3) is 0 Å². The maximum absolute atomic E-state index is 13.4. The second-order valence-electron chi connectivity index (χ2n) is 6.95. The van der Waals surface area contributed by atoms with Gasteiger partial charge in [-0.1, -0.05) is 0 Å². The van der Waals surface area contributed by atoms with Crippen molar-refractivity contribution in [3.8, 4) is 0 Å². The van der Waals surface area contributed by atoms with Crippen LogP contribution in [0.3, 0.4) is 0 Å². The molecule has 2 radical (unpaired) electrons. The summed E-state index contributed by atoms with van der Waals surface area (Å²) in [5, 5.41) is 2.49. The van der Waals surface area contributed by atoms with Crippen molar-refractivity contribution in [2.75, 3.05) is 27.2 Å². The van der Waals surface area contributed by atoms with Gasteiger partial charge in [0.05, 0.1) is 18.5 Å². The van der Waals surface area contributed by atoms with Crippen LogP contribution in [0.15, 0.2) is 0 Å². The molecule has 0 aromatic rings. The number of hydrogen-bond acceptors (Lipinski definition) is 4. The molecule has 0 spiro atoms. The molecular formula is C16H25BFN3O3. The quantitative estimate of drug-likeness (QED) is 0.721. The zero-order chi connectivity index (χ0) is 17.9. The molecule has 3 atom stereocenters. The molecule has 2 aliphatic rings. The fourth-order valence-corrected chi connectivity index (χ4v) is 3.68. The Balaban J connectivity index is 2.20. The number of ketones is 1. The third kappa shape index (κ3) is 4.15. The van der Waals surface area contributed by atoms with E-state index in [0.29, 0.717) is 38.6 Å². The summed E-state index contributed by atoms with van der Waals surface area (Å²) < 4.78 is 13.4. The highest BCUT2D eigenvalue weighted by Crippen LogP contribution is 2.32. The molecule has 1 saturated carbocycles. The summed E-state index contributed by atoms with van der Waals surface area (Å²) in [6.45, 7) is 0.382. The molecule has 6 nitrogen and oxygen atoms in total. The molecule has 0 aromatic heterocycles. The SMILES string of the molecule is [B]NC(C(=O)N1CC[C@H](F)C1)[C@@H](C(=O)N(C)C)C1CCC(=O)CC1. The lowest BCUT2D eigenvalue weighted by Crippen LogP contribution is -2.55. The summed E-state index contributed by atoms with van der Waals surface area (Å²) in [5.41, 5.74) is 0. The lowest BCUT2D eigenvalue weighted by Gasteiger charge is -2.36. The van der Waals surface area contributed by atoms with Gasteiger partial charge in [-0.2, -0.15) is 0 Å². The Bertz CT molecular complexity index is 493. The van der Waals surface area contributed by atoms with Crippen molar-refractivity contribution in [3.63, 3.8) is 0 Å². The molecule has 1 aliphatic heterocycles. The number of likely N-dealkylation sites (tertiary alicyclic amines) is 1. The predicted molar refractivity (Wildman–Crippen MR) is 87.9 cm³/mol. The van der Waals surface area contributed by atoms with E-state index in [1.807, 2.05) is 0 Å². The van der Waals surface area contributed by atoms with Crippen molar-refractivity contribution in [2.24, 2.45) is 11.8 Å². The van der Waals surface area contributed by atoms with Crippen molar-refractivity contribution < 1.29 is 18.8 Å². The van der Waals surface area contributed by atoms with Gasteiger partial charge in [-0.25, -0.2) is 4.39 Å². The number of carbonyl (C=O) groups is 3. The second kappa shape index (κ2) is 8.10. The molecule has 1 saturated heterocycles. The van der Waals surface area contributed by atoms with E-state index in [-0.39, 0.29) is 30.1 Å². The molecule has 1 unspecified atom stereocenters. The summed E-state index contributed by atoms with van der Waals surface area (Å²) >= 11 is 0. The number of Topliss-reactive ketones (excluding diaryl/α,β-unsaturated/α-hetero) is 1. The van der Waals surface area contributed by atoms with E-state index in [1.54, 1.807) is 14.1 Å². The Labute approximate surface area is 143 Å². The average Bonchev–Trinajstić information content (AvgIpc) is 2.99. The van der Waals surface area contributed by atoms with Crippen LogP contribution >= 0.6 is 0 Å². The number of amides is 2. The van der Waals surface area contributed by atoms with Crippen LogP contribution in [0.4, 0.5) is 4.39 Å². The summed E-state index contributed by atoms with van der Waals surface area (Å²) in [7, 11) is 8.89. The maximum Gasteiger partial charge on any atom is 0.239 e. The van der Waals surface area contributed by atoms with Crippen LogP contribution < -0.4 is 5.23 Å². The van der Waals surface area contributed by atoms with E-state index < -0.39 is 18.1 Å². The summed E-state index contributed by atoms with van der Waals surface area (Å²) in [6, 6.07) is -0.900. The summed E-state index contributed by atoms with van der Waals surface area (Å²) in [4.78, 5) is 39.9. The molecule has 1 aliphatic carbocycles. The Hall–Kier alpha value is -1.44. The van der Waals surface area contributed by atoms with Crippen molar-refractivity contribution in [1.82, 2.24) is 15.0 Å². The molecule has 8 heteroatoms. The number of halogens is 1. The van der Waals surface area contributed by atoms with E-state index in [4.69, 9.17) is 7.98 Å². The first-order valence-electron chi connectivity index (χ1n) is 8.47. The standard InChI is InChI=1S/C16H25BFN3O3/c1-20(2)15(23)13(10-3-5-12(22)6-4-10)14(19-17)16(24)21-8-7-11(18)9-21/h10-11,13-14,19H,3-9H2,1-2H3/t11-,13-,14?/m0/s1. The van der Waals surface area contributed by atoms with Gasteiger partial charge in [0.2, 0.25) is 11.8 Å². The van der Waals surface area contributed by atoms with Gasteiger partial charge in [-0.15, -0.1) is 0 Å². The van der Waals surface area contributed by atoms with E-state index in [1.165, 1.54) is 9.80 Å². The van der Waals surface area contributed by atoms with Gasteiger partial charge in [0.15, 0.2) is 7.98 Å². The lowest BCUT2D eigenvalue weighted by molar-refractivity contribution is -0.144. The van der Waals surface area contributed by atoms with Crippen LogP contribution in [-0.2, 0) is 14.4 Å². The first-order valence-corrected chi connectivity index (χ1v) is 8.47. The monoisotopic (exact) mass is 337 g/mol. The third-order valence-corrected chi connectivity index (χ3v) is 5.07. The molecule has 2 amide bonds. The maximum atomic E-state index is 13.4. The second-order valence-corrected chi connectivity index (χ2v) is 6.95. The number of alkyl halides is 1. The van der Waals surface area contributed by atoms with Gasteiger partial charge in [-0.3, -0.25) is 14.4 Å². The molecule has 1 heterocycles. The first kappa shape index (κ1) is 18.9. The predicted octanol–water partition coefficient (Wildman–Crippen LogP) is 0.0622. The van der Waals surface area contributed by atoms with Crippen LogP contribution in [0.1, 0.15) is 32.1 Å². The van der Waals surface area contributed by atoms with Crippen LogP contribution in [0.5, 0.6) is 0 Å². The fourth-order valence-electron chi connectivity index (χ4n) is 3.68. The van der Waals surface area contributed by atoms with E-state index >= 15 is 0 Å². The number of hydrogen-bond donors (Lipinski definition) is 1. The minimum atomic E-state index is -1.03. The van der Waals surface area contributed by atoms with Gasteiger partial charge in [0.1, 0.15) is 12.0 Å². The highest BCUT2D eigenvalue weighted by Gasteiger charge is 2.42. The van der Waals surface area contributed by atoms with Gasteiger partial charge in [0.25, 0.3) is 0 Å². The topological polar surface area (TPSA) is 69.7 Å². The largest absolute Gasteiger partial charge is 0.355 e. The Morgan fingerprint density at radius 1 is 1.29 bits per heavy atom.